The summed E-state index contributed by atoms with van der Waals surface area (Å²) < 4.78 is 7.05. The van der Waals surface area contributed by atoms with Gasteiger partial charge in [-0.15, -0.1) is 0 Å². The predicted octanol–water partition coefficient (Wildman–Crippen LogP) is 1.55. The molecule has 1 fully saturated rings. The van der Waals surface area contributed by atoms with Crippen molar-refractivity contribution in [3.05, 3.63) is 29.7 Å². The van der Waals surface area contributed by atoms with E-state index in [0.29, 0.717) is 11.9 Å². The van der Waals surface area contributed by atoms with Crippen molar-refractivity contribution >= 4 is 0 Å². The van der Waals surface area contributed by atoms with Crippen LogP contribution in [0.2, 0.25) is 0 Å². The summed E-state index contributed by atoms with van der Waals surface area (Å²) >= 11 is 0. The van der Waals surface area contributed by atoms with Gasteiger partial charge in [0.05, 0.1) is 19.3 Å². The van der Waals surface area contributed by atoms with Gasteiger partial charge in [0, 0.05) is 19.2 Å². The molecule has 1 saturated heterocycles. The fourth-order valence-electron chi connectivity index (χ4n) is 2.68. The first-order chi connectivity index (χ1) is 9.20. The topological polar surface area (TPSA) is 60.0 Å². The molecule has 1 aliphatic heterocycles. The normalized spacial score (nSPS) is 20.2. The van der Waals surface area contributed by atoms with Crippen molar-refractivity contribution in [1.29, 1.82) is 0 Å². The Bertz CT molecular complexity index is 498. The molecule has 3 heterocycles. The van der Waals surface area contributed by atoms with Crippen LogP contribution in [0.25, 0.3) is 0 Å². The van der Waals surface area contributed by atoms with Crippen LogP contribution in [0.15, 0.2) is 16.9 Å². The molecule has 3 rings (SSSR count). The fraction of sp³-hybridized carbons (Fsp3) is 0.615. The molecule has 0 unspecified atom stereocenters. The van der Waals surface area contributed by atoms with E-state index in [4.69, 9.17) is 4.52 Å². The van der Waals surface area contributed by atoms with Crippen molar-refractivity contribution in [2.75, 3.05) is 6.54 Å². The van der Waals surface area contributed by atoms with Crippen LogP contribution >= 0.6 is 0 Å². The van der Waals surface area contributed by atoms with Crippen molar-refractivity contribution in [3.8, 4) is 0 Å². The average Bonchev–Trinajstić information content (AvgIpc) is 3.06. The van der Waals surface area contributed by atoms with Crippen molar-refractivity contribution in [2.24, 2.45) is 0 Å². The van der Waals surface area contributed by atoms with Gasteiger partial charge in [-0.05, 0) is 31.9 Å². The molecule has 0 saturated carbocycles. The zero-order valence-corrected chi connectivity index (χ0v) is 11.4. The molecule has 102 valence electrons. The van der Waals surface area contributed by atoms with Crippen LogP contribution in [-0.2, 0) is 13.1 Å². The molecule has 2 aromatic heterocycles. The summed E-state index contributed by atoms with van der Waals surface area (Å²) in [7, 11) is 0. The van der Waals surface area contributed by atoms with Gasteiger partial charge in [-0.25, -0.2) is 0 Å². The predicted molar refractivity (Wildman–Crippen MR) is 69.4 cm³/mol. The number of likely N-dealkylation sites (tertiary alicyclic amines) is 1. The Balaban J connectivity index is 1.64. The minimum atomic E-state index is 0.512. The van der Waals surface area contributed by atoms with E-state index in [2.05, 4.69) is 33.3 Å². The third kappa shape index (κ3) is 2.84. The fourth-order valence-corrected chi connectivity index (χ4v) is 2.68. The standard InChI is InChI=1S/C13H19N5O/c1-10-6-14-18(7-10)8-12-4-3-5-17(12)9-13-15-11(2)19-16-13/h6-7,12H,3-5,8-9H2,1-2H3/t12-/m0/s1. The second-order valence-corrected chi connectivity index (χ2v) is 5.24. The summed E-state index contributed by atoms with van der Waals surface area (Å²) in [5.74, 6) is 1.41. The lowest BCUT2D eigenvalue weighted by Crippen LogP contribution is -2.33. The van der Waals surface area contributed by atoms with Crippen LogP contribution in [0.5, 0.6) is 0 Å². The van der Waals surface area contributed by atoms with E-state index >= 15 is 0 Å². The molecule has 0 bridgehead atoms. The molecule has 0 amide bonds. The van der Waals surface area contributed by atoms with Gasteiger partial charge in [-0.1, -0.05) is 5.16 Å². The van der Waals surface area contributed by atoms with Gasteiger partial charge < -0.3 is 4.52 Å². The van der Waals surface area contributed by atoms with Crippen molar-refractivity contribution in [3.63, 3.8) is 0 Å². The van der Waals surface area contributed by atoms with Crippen LogP contribution in [0.4, 0.5) is 0 Å². The molecular formula is C13H19N5O. The molecule has 0 radical (unpaired) electrons. The second-order valence-electron chi connectivity index (χ2n) is 5.24. The lowest BCUT2D eigenvalue weighted by atomic mass is 10.2. The number of aryl methyl sites for hydroxylation is 2. The molecule has 0 aromatic carbocycles. The minimum absolute atomic E-state index is 0.512. The van der Waals surface area contributed by atoms with Crippen molar-refractivity contribution < 1.29 is 4.52 Å². The Morgan fingerprint density at radius 1 is 1.42 bits per heavy atom. The maximum atomic E-state index is 5.03. The van der Waals surface area contributed by atoms with E-state index in [1.165, 1.54) is 18.4 Å². The smallest absolute Gasteiger partial charge is 0.223 e. The summed E-state index contributed by atoms with van der Waals surface area (Å²) in [5.41, 5.74) is 1.21. The molecule has 19 heavy (non-hydrogen) atoms. The zero-order valence-electron chi connectivity index (χ0n) is 11.4. The zero-order chi connectivity index (χ0) is 13.2. The number of hydrogen-bond donors (Lipinski definition) is 0. The van der Waals surface area contributed by atoms with Crippen LogP contribution < -0.4 is 0 Å². The summed E-state index contributed by atoms with van der Waals surface area (Å²) in [4.78, 5) is 6.70. The first kappa shape index (κ1) is 12.3. The number of aromatic nitrogens is 4. The number of hydrogen-bond acceptors (Lipinski definition) is 5. The number of nitrogens with zero attached hydrogens (tertiary/aromatic N) is 5. The summed E-state index contributed by atoms with van der Waals surface area (Å²) in [6, 6.07) is 0.512. The van der Waals surface area contributed by atoms with Crippen molar-refractivity contribution in [1.82, 2.24) is 24.8 Å². The lowest BCUT2D eigenvalue weighted by molar-refractivity contribution is 0.211. The van der Waals surface area contributed by atoms with Crippen LogP contribution in [0.1, 0.15) is 30.1 Å². The molecule has 6 nitrogen and oxygen atoms in total. The van der Waals surface area contributed by atoms with Crippen LogP contribution in [0.3, 0.4) is 0 Å². The molecule has 2 aromatic rings. The van der Waals surface area contributed by atoms with E-state index in [1.807, 2.05) is 17.8 Å². The average molecular weight is 261 g/mol. The summed E-state index contributed by atoms with van der Waals surface area (Å²) in [6.45, 7) is 6.69. The molecule has 0 N–H and O–H groups in total. The lowest BCUT2D eigenvalue weighted by Gasteiger charge is -2.22. The highest BCUT2D eigenvalue weighted by atomic mass is 16.5. The van der Waals surface area contributed by atoms with E-state index < -0.39 is 0 Å². The Labute approximate surface area is 112 Å². The van der Waals surface area contributed by atoms with Gasteiger partial charge in [0.2, 0.25) is 5.89 Å². The Morgan fingerprint density at radius 3 is 3.00 bits per heavy atom. The highest BCUT2D eigenvalue weighted by molar-refractivity contribution is 5.00. The van der Waals surface area contributed by atoms with Gasteiger partial charge in [0.15, 0.2) is 5.82 Å². The third-order valence-corrected chi connectivity index (χ3v) is 3.57. The first-order valence-corrected chi connectivity index (χ1v) is 6.73. The van der Waals surface area contributed by atoms with Gasteiger partial charge in [-0.3, -0.25) is 9.58 Å². The Kier molecular flexibility index (Phi) is 3.33. The highest BCUT2D eigenvalue weighted by Crippen LogP contribution is 2.20. The van der Waals surface area contributed by atoms with Crippen molar-refractivity contribution in [2.45, 2.75) is 45.8 Å². The molecule has 6 heteroatoms. The molecule has 1 atom stereocenters. The van der Waals surface area contributed by atoms with Gasteiger partial charge in [0.25, 0.3) is 0 Å². The monoisotopic (exact) mass is 261 g/mol. The molecular weight excluding hydrogens is 242 g/mol. The van der Waals surface area contributed by atoms with Gasteiger partial charge in [-0.2, -0.15) is 10.1 Å². The SMILES string of the molecule is Cc1cnn(C[C@@H]2CCCN2Cc2noc(C)n2)c1. The van der Waals surface area contributed by atoms with Crippen LogP contribution in [-0.4, -0.2) is 37.4 Å². The van der Waals surface area contributed by atoms with E-state index in [1.54, 1.807) is 0 Å². The van der Waals surface area contributed by atoms with Gasteiger partial charge >= 0.3 is 0 Å². The van der Waals surface area contributed by atoms with E-state index in [9.17, 15) is 0 Å². The Hall–Kier alpha value is -1.69. The van der Waals surface area contributed by atoms with E-state index in [-0.39, 0.29) is 0 Å². The maximum absolute atomic E-state index is 5.03. The minimum Gasteiger partial charge on any atom is -0.340 e. The number of rotatable bonds is 4. The summed E-state index contributed by atoms with van der Waals surface area (Å²) in [6.07, 6.45) is 6.42. The quantitative estimate of drug-likeness (QED) is 0.835. The third-order valence-electron chi connectivity index (χ3n) is 3.57. The maximum Gasteiger partial charge on any atom is 0.223 e. The Morgan fingerprint density at radius 2 is 2.32 bits per heavy atom. The van der Waals surface area contributed by atoms with Gasteiger partial charge in [0.1, 0.15) is 0 Å². The molecule has 0 aliphatic carbocycles. The molecule has 1 aliphatic rings. The second kappa shape index (κ2) is 5.13. The molecule has 0 spiro atoms. The highest BCUT2D eigenvalue weighted by Gasteiger charge is 2.26. The van der Waals surface area contributed by atoms with Crippen LogP contribution in [0, 0.1) is 13.8 Å². The van der Waals surface area contributed by atoms with E-state index in [0.717, 1.165) is 25.5 Å². The largest absolute Gasteiger partial charge is 0.340 e. The summed E-state index contributed by atoms with van der Waals surface area (Å²) in [5, 5.41) is 8.34. The first-order valence-electron chi connectivity index (χ1n) is 6.73.